The monoisotopic (exact) mass is 179 g/mol. The van der Waals surface area contributed by atoms with Crippen LogP contribution in [0.3, 0.4) is 0 Å². The van der Waals surface area contributed by atoms with Crippen molar-refractivity contribution in [3.05, 3.63) is 34.9 Å². The van der Waals surface area contributed by atoms with Gasteiger partial charge in [0.15, 0.2) is 0 Å². The van der Waals surface area contributed by atoms with Crippen LogP contribution in [0.25, 0.3) is 0 Å². The van der Waals surface area contributed by atoms with Gasteiger partial charge in [-0.3, -0.25) is 0 Å². The molecule has 0 fully saturated rings. The molecule has 13 heavy (non-hydrogen) atoms. The highest BCUT2D eigenvalue weighted by atomic mass is 19.1. The zero-order valence-corrected chi connectivity index (χ0v) is 7.65. The third kappa shape index (κ3) is 1.89. The molecule has 1 aromatic rings. The van der Waals surface area contributed by atoms with E-state index in [0.29, 0.717) is 0 Å². The lowest BCUT2D eigenvalue weighted by atomic mass is 10.0. The van der Waals surface area contributed by atoms with E-state index in [0.717, 1.165) is 31.5 Å². The Bertz CT molecular complexity index is 296. The molecule has 1 heterocycles. The Kier molecular flexibility index (Phi) is 2.60. The Morgan fingerprint density at radius 3 is 3.08 bits per heavy atom. The van der Waals surface area contributed by atoms with E-state index >= 15 is 0 Å². The Labute approximate surface area is 78.0 Å². The maximum Gasteiger partial charge on any atom is 0.115 e. The van der Waals surface area contributed by atoms with Crippen LogP contribution in [0.4, 0.5) is 4.39 Å². The number of benzene rings is 1. The molecule has 1 N–H and O–H groups in total. The molecule has 1 nitrogen and oxygen atoms in total. The quantitative estimate of drug-likeness (QED) is 0.696. The summed E-state index contributed by atoms with van der Waals surface area (Å²) in [6.07, 6.45) is 2.24. The minimum atomic E-state index is -0.347. The van der Waals surface area contributed by atoms with Gasteiger partial charge in [0.1, 0.15) is 6.67 Å². The summed E-state index contributed by atoms with van der Waals surface area (Å²) in [6.45, 7) is 1.66. The molecule has 1 aliphatic rings. The summed E-state index contributed by atoms with van der Waals surface area (Å²) in [6, 6.07) is 5.93. The summed E-state index contributed by atoms with van der Waals surface area (Å²) in [7, 11) is 0. The number of rotatable bonds is 1. The van der Waals surface area contributed by atoms with Crippen LogP contribution in [0.2, 0.25) is 0 Å². The van der Waals surface area contributed by atoms with E-state index in [1.165, 1.54) is 11.1 Å². The fraction of sp³-hybridized carbons (Fsp3) is 0.455. The molecule has 0 saturated carbocycles. The first-order valence-corrected chi connectivity index (χ1v) is 4.77. The third-order valence-electron chi connectivity index (χ3n) is 2.54. The zero-order valence-electron chi connectivity index (χ0n) is 7.65. The maximum atomic E-state index is 12.4. The van der Waals surface area contributed by atoms with Crippen molar-refractivity contribution in [2.45, 2.75) is 26.1 Å². The van der Waals surface area contributed by atoms with Crippen LogP contribution < -0.4 is 5.32 Å². The molecule has 0 aromatic heterocycles. The minimum absolute atomic E-state index is 0.347. The van der Waals surface area contributed by atoms with E-state index in [4.69, 9.17) is 0 Å². The van der Waals surface area contributed by atoms with E-state index in [-0.39, 0.29) is 6.67 Å². The van der Waals surface area contributed by atoms with Gasteiger partial charge in [-0.05, 0) is 36.1 Å². The largest absolute Gasteiger partial charge is 0.313 e. The van der Waals surface area contributed by atoms with Gasteiger partial charge in [-0.1, -0.05) is 18.2 Å². The van der Waals surface area contributed by atoms with Gasteiger partial charge in [0.2, 0.25) is 0 Å². The second-order valence-corrected chi connectivity index (χ2v) is 3.52. The van der Waals surface area contributed by atoms with Crippen molar-refractivity contribution in [1.82, 2.24) is 5.32 Å². The van der Waals surface area contributed by atoms with Crippen LogP contribution in [-0.4, -0.2) is 6.54 Å². The molecule has 0 bridgehead atoms. The minimum Gasteiger partial charge on any atom is -0.313 e. The molecule has 0 unspecified atom stereocenters. The number of hydrogen-bond donors (Lipinski definition) is 1. The van der Waals surface area contributed by atoms with Gasteiger partial charge in [0.05, 0.1) is 0 Å². The second kappa shape index (κ2) is 3.88. The first kappa shape index (κ1) is 8.70. The number of aryl methyl sites for hydroxylation is 1. The second-order valence-electron chi connectivity index (χ2n) is 3.52. The highest BCUT2D eigenvalue weighted by Crippen LogP contribution is 2.16. The SMILES string of the molecule is FCc1ccc2c(c1)CCCNC2. The summed E-state index contributed by atoms with van der Waals surface area (Å²) < 4.78 is 12.4. The topological polar surface area (TPSA) is 12.0 Å². The highest BCUT2D eigenvalue weighted by Gasteiger charge is 2.07. The maximum absolute atomic E-state index is 12.4. The molecule has 1 aromatic carbocycles. The summed E-state index contributed by atoms with van der Waals surface area (Å²) in [5, 5.41) is 3.35. The predicted octanol–water partition coefficient (Wildman–Crippen LogP) is 2.19. The molecule has 0 saturated heterocycles. The van der Waals surface area contributed by atoms with Gasteiger partial charge < -0.3 is 5.32 Å². The molecule has 2 heteroatoms. The molecule has 1 aliphatic heterocycles. The summed E-state index contributed by atoms with van der Waals surface area (Å²) in [5.41, 5.74) is 3.45. The number of alkyl halides is 1. The Morgan fingerprint density at radius 1 is 1.31 bits per heavy atom. The molecule has 0 radical (unpaired) electrons. The van der Waals surface area contributed by atoms with Crippen molar-refractivity contribution in [3.63, 3.8) is 0 Å². The third-order valence-corrected chi connectivity index (χ3v) is 2.54. The van der Waals surface area contributed by atoms with Crippen molar-refractivity contribution in [3.8, 4) is 0 Å². The molecule has 0 atom stereocenters. The van der Waals surface area contributed by atoms with Gasteiger partial charge in [-0.15, -0.1) is 0 Å². The fourth-order valence-corrected chi connectivity index (χ4v) is 1.79. The fourth-order valence-electron chi connectivity index (χ4n) is 1.79. The van der Waals surface area contributed by atoms with Gasteiger partial charge in [0, 0.05) is 6.54 Å². The van der Waals surface area contributed by atoms with E-state index in [1.807, 2.05) is 18.2 Å². The predicted molar refractivity (Wildman–Crippen MR) is 51.3 cm³/mol. The van der Waals surface area contributed by atoms with Gasteiger partial charge in [0.25, 0.3) is 0 Å². The molecule has 2 rings (SSSR count). The summed E-state index contributed by atoms with van der Waals surface area (Å²) in [5.74, 6) is 0. The number of fused-ring (bicyclic) bond motifs is 1. The van der Waals surface area contributed by atoms with E-state index in [1.54, 1.807) is 0 Å². The van der Waals surface area contributed by atoms with E-state index < -0.39 is 0 Å². The Morgan fingerprint density at radius 2 is 2.23 bits per heavy atom. The van der Waals surface area contributed by atoms with Crippen LogP contribution in [0.1, 0.15) is 23.1 Å². The highest BCUT2D eigenvalue weighted by molar-refractivity contribution is 5.32. The number of hydrogen-bond acceptors (Lipinski definition) is 1. The Balaban J connectivity index is 2.32. The molecular formula is C11H14FN. The zero-order chi connectivity index (χ0) is 9.10. The van der Waals surface area contributed by atoms with E-state index in [2.05, 4.69) is 5.32 Å². The normalized spacial score (nSPS) is 16.4. The average molecular weight is 179 g/mol. The lowest BCUT2D eigenvalue weighted by Gasteiger charge is -2.06. The van der Waals surface area contributed by atoms with Crippen molar-refractivity contribution < 1.29 is 4.39 Å². The lowest BCUT2D eigenvalue weighted by Crippen LogP contribution is -2.11. The summed E-state index contributed by atoms with van der Waals surface area (Å²) >= 11 is 0. The Hall–Kier alpha value is -0.890. The smallest absolute Gasteiger partial charge is 0.115 e. The van der Waals surface area contributed by atoms with Gasteiger partial charge >= 0.3 is 0 Å². The first-order valence-electron chi connectivity index (χ1n) is 4.77. The average Bonchev–Trinajstić information content (AvgIpc) is 2.41. The van der Waals surface area contributed by atoms with Crippen molar-refractivity contribution in [2.24, 2.45) is 0 Å². The van der Waals surface area contributed by atoms with Crippen molar-refractivity contribution in [1.29, 1.82) is 0 Å². The van der Waals surface area contributed by atoms with Crippen LogP contribution in [0.15, 0.2) is 18.2 Å². The molecule has 0 spiro atoms. The first-order chi connectivity index (χ1) is 6.40. The van der Waals surface area contributed by atoms with Crippen LogP contribution in [0, 0.1) is 0 Å². The van der Waals surface area contributed by atoms with Gasteiger partial charge in [-0.25, -0.2) is 4.39 Å². The van der Waals surface area contributed by atoms with Gasteiger partial charge in [-0.2, -0.15) is 0 Å². The number of nitrogens with one attached hydrogen (secondary N) is 1. The van der Waals surface area contributed by atoms with Crippen LogP contribution >= 0.6 is 0 Å². The molecule has 0 amide bonds. The molecule has 70 valence electrons. The summed E-state index contributed by atoms with van der Waals surface area (Å²) in [4.78, 5) is 0. The lowest BCUT2D eigenvalue weighted by molar-refractivity contribution is 0.485. The van der Waals surface area contributed by atoms with Crippen molar-refractivity contribution >= 4 is 0 Å². The van der Waals surface area contributed by atoms with Crippen LogP contribution in [0.5, 0.6) is 0 Å². The molecular weight excluding hydrogens is 165 g/mol. The molecule has 0 aliphatic carbocycles. The number of halogens is 1. The standard InChI is InChI=1S/C11H14FN/c12-7-9-3-4-11-8-13-5-1-2-10(11)6-9/h3-4,6,13H,1-2,5,7-8H2. The van der Waals surface area contributed by atoms with Crippen LogP contribution in [-0.2, 0) is 19.6 Å². The van der Waals surface area contributed by atoms with E-state index in [9.17, 15) is 4.39 Å². The van der Waals surface area contributed by atoms with Crippen molar-refractivity contribution in [2.75, 3.05) is 6.54 Å².